The molecular weight excluding hydrogens is 271 g/mol. The van der Waals surface area contributed by atoms with Crippen LogP contribution in [0.5, 0.6) is 0 Å². The van der Waals surface area contributed by atoms with E-state index >= 15 is 0 Å². The van der Waals surface area contributed by atoms with Crippen LogP contribution in [0.4, 0.5) is 13.2 Å². The average Bonchev–Trinajstić information content (AvgIpc) is 2.22. The van der Waals surface area contributed by atoms with Crippen LogP contribution >= 0.6 is 0 Å². The molecule has 0 radical (unpaired) electrons. The van der Waals surface area contributed by atoms with Gasteiger partial charge in [0.25, 0.3) is 0 Å². The van der Waals surface area contributed by atoms with Gasteiger partial charge in [-0.25, -0.2) is 8.93 Å². The number of rotatable bonds is 6. The first-order chi connectivity index (χ1) is 7.94. The van der Waals surface area contributed by atoms with E-state index in [0.717, 1.165) is 0 Å². The van der Waals surface area contributed by atoms with E-state index in [2.05, 4.69) is 5.87 Å². The fraction of sp³-hybridized carbons (Fsp3) is 0.800. The summed E-state index contributed by atoms with van der Waals surface area (Å²) in [5, 5.41) is 0. The number of carbonyl (C=O) groups excluding carboxylic acids is 1. The second-order valence-electron chi connectivity index (χ2n) is 4.39. The molecule has 0 amide bonds. The summed E-state index contributed by atoms with van der Waals surface area (Å²) in [6.07, 6.45) is 0.549. The van der Waals surface area contributed by atoms with Crippen molar-refractivity contribution in [2.45, 2.75) is 32.7 Å². The number of alkyl halides is 3. The van der Waals surface area contributed by atoms with E-state index in [4.69, 9.17) is 4.74 Å². The molecular formula is C10H18F3NO3S. The van der Waals surface area contributed by atoms with Crippen molar-refractivity contribution in [2.75, 3.05) is 13.2 Å². The summed E-state index contributed by atoms with van der Waals surface area (Å²) in [5.74, 6) is 2.07. The van der Waals surface area contributed by atoms with E-state index in [1.165, 1.54) is 0 Å². The Morgan fingerprint density at radius 3 is 2.28 bits per heavy atom. The average molecular weight is 289 g/mol. The van der Waals surface area contributed by atoms with Crippen LogP contribution in [0.15, 0.2) is 0 Å². The molecule has 8 heteroatoms. The van der Waals surface area contributed by atoms with Crippen LogP contribution in [-0.4, -0.2) is 34.7 Å². The lowest BCUT2D eigenvalue weighted by atomic mass is 9.91. The van der Waals surface area contributed by atoms with Crippen LogP contribution in [0.25, 0.3) is 0 Å². The van der Waals surface area contributed by atoms with Crippen LogP contribution in [0, 0.1) is 5.41 Å². The Balaban J connectivity index is 4.15. The van der Waals surface area contributed by atoms with Gasteiger partial charge in [-0.15, -0.1) is 0 Å². The van der Waals surface area contributed by atoms with Crippen molar-refractivity contribution in [1.29, 1.82) is 0 Å². The molecule has 0 saturated carbocycles. The Labute approximate surface area is 105 Å². The van der Waals surface area contributed by atoms with Gasteiger partial charge in [0.05, 0.1) is 5.41 Å². The molecule has 0 spiro atoms. The van der Waals surface area contributed by atoms with E-state index in [9.17, 15) is 22.2 Å². The summed E-state index contributed by atoms with van der Waals surface area (Å²) in [6, 6.07) is 0. The molecule has 0 saturated heterocycles. The highest BCUT2D eigenvalue weighted by Crippen LogP contribution is 2.22. The van der Waals surface area contributed by atoms with Crippen LogP contribution in [0.1, 0.15) is 27.2 Å². The molecule has 108 valence electrons. The molecule has 0 heterocycles. The predicted molar refractivity (Wildman–Crippen MR) is 64.4 cm³/mol. The van der Waals surface area contributed by atoms with Crippen molar-refractivity contribution in [3.8, 4) is 0 Å². The molecule has 0 rings (SSSR count). The Kier molecular flexibility index (Phi) is 5.67. The van der Waals surface area contributed by atoms with Gasteiger partial charge >= 0.3 is 11.5 Å². The number of hydrogen-bond acceptors (Lipinski definition) is 3. The summed E-state index contributed by atoms with van der Waals surface area (Å²) < 4.78 is 54.0. The molecule has 0 aromatic heterocycles. The van der Waals surface area contributed by atoms with Gasteiger partial charge in [0.1, 0.15) is 16.3 Å². The number of hydrogen-bond donors (Lipinski definition) is 1. The molecule has 0 aliphatic carbocycles. The molecule has 1 N–H and O–H groups in total. The fourth-order valence-electron chi connectivity index (χ4n) is 0.772. The smallest absolute Gasteiger partial charge is 0.464 e. The van der Waals surface area contributed by atoms with Crippen LogP contribution in [-0.2, 0) is 19.2 Å². The largest absolute Gasteiger partial charge is 0.476 e. The zero-order valence-corrected chi connectivity index (χ0v) is 11.4. The number of carbonyl (C=O) groups is 1. The normalized spacial score (nSPS) is 16.1. The number of halogens is 3. The monoisotopic (exact) mass is 289 g/mol. The zero-order chi connectivity index (χ0) is 14.6. The maximum atomic E-state index is 12.2. The first-order valence-corrected chi connectivity index (χ1v) is 7.02. The molecule has 0 aromatic rings. The summed E-state index contributed by atoms with van der Waals surface area (Å²) in [4.78, 5) is 11.5. The summed E-state index contributed by atoms with van der Waals surface area (Å²) in [5.41, 5.74) is -5.60. The van der Waals surface area contributed by atoms with Gasteiger partial charge in [0.2, 0.25) is 0 Å². The minimum Gasteiger partial charge on any atom is -0.464 e. The van der Waals surface area contributed by atoms with E-state index in [0.29, 0.717) is 6.42 Å². The van der Waals surface area contributed by atoms with E-state index in [1.807, 2.05) is 0 Å². The van der Waals surface area contributed by atoms with Crippen molar-refractivity contribution < 1.29 is 26.9 Å². The molecule has 1 atom stereocenters. The maximum Gasteiger partial charge on any atom is 0.476 e. The SMILES string of the molecule is C=S(=O)(NCCOC(=O)C(C)(C)CC)C(F)(F)F. The highest BCUT2D eigenvalue weighted by molar-refractivity contribution is 7.99. The van der Waals surface area contributed by atoms with Crippen LogP contribution in [0.3, 0.4) is 0 Å². The van der Waals surface area contributed by atoms with Crippen LogP contribution < -0.4 is 4.72 Å². The van der Waals surface area contributed by atoms with E-state index < -0.39 is 26.6 Å². The van der Waals surface area contributed by atoms with Crippen molar-refractivity contribution in [3.05, 3.63) is 0 Å². The third-order valence-corrected chi connectivity index (χ3v) is 3.90. The third-order valence-electron chi connectivity index (χ3n) is 2.48. The van der Waals surface area contributed by atoms with E-state index in [1.54, 1.807) is 25.5 Å². The third kappa shape index (κ3) is 4.85. The van der Waals surface area contributed by atoms with Crippen molar-refractivity contribution >= 4 is 21.5 Å². The van der Waals surface area contributed by atoms with Gasteiger partial charge in [0.15, 0.2) is 0 Å². The molecule has 18 heavy (non-hydrogen) atoms. The lowest BCUT2D eigenvalue weighted by Crippen LogP contribution is -2.38. The minimum absolute atomic E-state index is 0.287. The molecule has 0 fully saturated rings. The molecule has 0 aliphatic rings. The van der Waals surface area contributed by atoms with Gasteiger partial charge in [-0.2, -0.15) is 13.2 Å². The Bertz CT molecular complexity index is 388. The van der Waals surface area contributed by atoms with Crippen molar-refractivity contribution in [3.63, 3.8) is 0 Å². The summed E-state index contributed by atoms with van der Waals surface area (Å²) in [7, 11) is -4.38. The lowest BCUT2D eigenvalue weighted by molar-refractivity contribution is -0.153. The highest BCUT2D eigenvalue weighted by atomic mass is 32.2. The lowest BCUT2D eigenvalue weighted by Gasteiger charge is -2.20. The highest BCUT2D eigenvalue weighted by Gasteiger charge is 2.39. The zero-order valence-electron chi connectivity index (χ0n) is 10.6. The van der Waals surface area contributed by atoms with Crippen molar-refractivity contribution in [1.82, 2.24) is 4.72 Å². The number of nitrogens with one attached hydrogen (secondary N) is 1. The fourth-order valence-corrected chi connectivity index (χ4v) is 1.35. The number of esters is 1. The first-order valence-electron chi connectivity index (χ1n) is 5.29. The Morgan fingerprint density at radius 2 is 1.89 bits per heavy atom. The molecule has 1 unspecified atom stereocenters. The van der Waals surface area contributed by atoms with Gasteiger partial charge in [0, 0.05) is 6.54 Å². The van der Waals surface area contributed by atoms with Crippen LogP contribution in [0.2, 0.25) is 0 Å². The number of ether oxygens (including phenoxy) is 1. The van der Waals surface area contributed by atoms with Gasteiger partial charge in [-0.3, -0.25) is 4.79 Å². The molecule has 0 aromatic carbocycles. The van der Waals surface area contributed by atoms with Gasteiger partial charge < -0.3 is 4.74 Å². The van der Waals surface area contributed by atoms with Gasteiger partial charge in [-0.05, 0) is 26.1 Å². The quantitative estimate of drug-likeness (QED) is 0.460. The molecule has 0 bridgehead atoms. The summed E-state index contributed by atoms with van der Waals surface area (Å²) in [6.45, 7) is 4.48. The maximum absolute atomic E-state index is 12.2. The van der Waals surface area contributed by atoms with Gasteiger partial charge in [-0.1, -0.05) is 6.92 Å². The second-order valence-corrected chi connectivity index (χ2v) is 6.49. The summed E-state index contributed by atoms with van der Waals surface area (Å²) >= 11 is 0. The predicted octanol–water partition coefficient (Wildman–Crippen LogP) is 1.71. The standard InChI is InChI=1S/C10H18F3NO3S/c1-5-9(2,3)8(15)17-7-6-14-18(4,16)10(11,12)13/h4-7H2,1-3H3,(H,14,16). The molecule has 4 nitrogen and oxygen atoms in total. The van der Waals surface area contributed by atoms with E-state index in [-0.39, 0.29) is 13.2 Å². The van der Waals surface area contributed by atoms with Crippen molar-refractivity contribution in [2.24, 2.45) is 5.41 Å². The molecule has 0 aliphatic heterocycles. The second kappa shape index (κ2) is 5.92. The Morgan fingerprint density at radius 1 is 1.39 bits per heavy atom. The topological polar surface area (TPSA) is 55.4 Å². The minimum atomic E-state index is -4.92. The Hall–Kier alpha value is -0.760. The first kappa shape index (κ1) is 17.2.